The van der Waals surface area contributed by atoms with E-state index >= 15 is 0 Å². The van der Waals surface area contributed by atoms with Gasteiger partial charge in [0.25, 0.3) is 0 Å². The van der Waals surface area contributed by atoms with Gasteiger partial charge in [0.05, 0.1) is 7.11 Å². The van der Waals surface area contributed by atoms with Crippen LogP contribution in [0.25, 0.3) is 0 Å². The molecule has 0 aromatic rings. The van der Waals surface area contributed by atoms with E-state index in [0.717, 1.165) is 19.6 Å². The monoisotopic (exact) mass is 184 g/mol. The van der Waals surface area contributed by atoms with E-state index in [-0.39, 0.29) is 12.0 Å². The number of carbonyl (C=O) groups excluding carboxylic acids is 1. The summed E-state index contributed by atoms with van der Waals surface area (Å²) >= 11 is 0. The van der Waals surface area contributed by atoms with Crippen molar-refractivity contribution in [3.63, 3.8) is 0 Å². The molecule has 0 bridgehead atoms. The van der Waals surface area contributed by atoms with E-state index < -0.39 is 0 Å². The largest absolute Gasteiger partial charge is 0.468 e. The second kappa shape index (κ2) is 3.64. The summed E-state index contributed by atoms with van der Waals surface area (Å²) in [6.45, 7) is 2.89. The van der Waals surface area contributed by atoms with Crippen molar-refractivity contribution in [2.24, 2.45) is 0 Å². The van der Waals surface area contributed by atoms with Gasteiger partial charge < -0.3 is 10.1 Å². The van der Waals surface area contributed by atoms with Crippen LogP contribution in [-0.4, -0.2) is 49.7 Å². The van der Waals surface area contributed by atoms with Crippen LogP contribution in [0.4, 0.5) is 0 Å². The molecule has 2 aliphatic heterocycles. The molecule has 0 spiro atoms. The van der Waals surface area contributed by atoms with Gasteiger partial charge in [-0.3, -0.25) is 9.69 Å². The number of ether oxygens (including phenoxy) is 1. The highest BCUT2D eigenvalue weighted by atomic mass is 16.5. The molecule has 2 heterocycles. The molecule has 0 saturated carbocycles. The van der Waals surface area contributed by atoms with Gasteiger partial charge in [0.1, 0.15) is 6.04 Å². The van der Waals surface area contributed by atoms with Crippen LogP contribution in [0.1, 0.15) is 12.8 Å². The Kier molecular flexibility index (Phi) is 2.51. The number of hydrogen-bond acceptors (Lipinski definition) is 4. The van der Waals surface area contributed by atoms with E-state index in [9.17, 15) is 4.79 Å². The Bertz CT molecular complexity index is 208. The number of rotatable bonds is 1. The van der Waals surface area contributed by atoms with Gasteiger partial charge in [-0.1, -0.05) is 0 Å². The molecule has 2 saturated heterocycles. The van der Waals surface area contributed by atoms with Crippen molar-refractivity contribution in [3.8, 4) is 0 Å². The highest BCUT2D eigenvalue weighted by Gasteiger charge is 2.34. The van der Waals surface area contributed by atoms with Gasteiger partial charge in [0, 0.05) is 19.1 Å². The summed E-state index contributed by atoms with van der Waals surface area (Å²) in [4.78, 5) is 13.6. The minimum atomic E-state index is -0.134. The molecule has 0 aromatic heterocycles. The number of piperazine rings is 1. The van der Waals surface area contributed by atoms with Crippen LogP contribution >= 0.6 is 0 Å². The molecule has 0 aliphatic carbocycles. The van der Waals surface area contributed by atoms with E-state index in [1.54, 1.807) is 0 Å². The maximum absolute atomic E-state index is 11.2. The van der Waals surface area contributed by atoms with Gasteiger partial charge in [-0.05, 0) is 19.4 Å². The van der Waals surface area contributed by atoms with Crippen molar-refractivity contribution in [1.82, 2.24) is 10.2 Å². The predicted molar refractivity (Wildman–Crippen MR) is 48.4 cm³/mol. The predicted octanol–water partition coefficient (Wildman–Crippen LogP) is -0.404. The average Bonchev–Trinajstić information content (AvgIpc) is 2.63. The Morgan fingerprint density at radius 3 is 3.23 bits per heavy atom. The molecule has 13 heavy (non-hydrogen) atoms. The molecular formula is C9H16N2O2. The van der Waals surface area contributed by atoms with Crippen LogP contribution in [0.5, 0.6) is 0 Å². The van der Waals surface area contributed by atoms with Crippen molar-refractivity contribution in [2.75, 3.05) is 26.7 Å². The summed E-state index contributed by atoms with van der Waals surface area (Å²) in [6.07, 6.45) is 2.53. The zero-order valence-electron chi connectivity index (χ0n) is 7.95. The Morgan fingerprint density at radius 1 is 1.62 bits per heavy atom. The zero-order valence-corrected chi connectivity index (χ0v) is 7.95. The van der Waals surface area contributed by atoms with Gasteiger partial charge >= 0.3 is 5.97 Å². The third-order valence-corrected chi connectivity index (χ3v) is 3.00. The molecule has 0 radical (unpaired) electrons. The van der Waals surface area contributed by atoms with E-state index in [2.05, 4.69) is 10.2 Å². The Morgan fingerprint density at radius 2 is 2.46 bits per heavy atom. The van der Waals surface area contributed by atoms with Gasteiger partial charge in [-0.25, -0.2) is 0 Å². The molecular weight excluding hydrogens is 168 g/mol. The van der Waals surface area contributed by atoms with Crippen LogP contribution in [0.3, 0.4) is 0 Å². The fraction of sp³-hybridized carbons (Fsp3) is 0.889. The number of nitrogens with one attached hydrogen (secondary N) is 1. The van der Waals surface area contributed by atoms with Gasteiger partial charge in [-0.2, -0.15) is 0 Å². The maximum Gasteiger partial charge on any atom is 0.324 e. The van der Waals surface area contributed by atoms with E-state index in [4.69, 9.17) is 4.74 Å². The van der Waals surface area contributed by atoms with E-state index in [0.29, 0.717) is 6.04 Å². The zero-order chi connectivity index (χ0) is 9.26. The normalized spacial score (nSPS) is 34.2. The smallest absolute Gasteiger partial charge is 0.324 e. The minimum Gasteiger partial charge on any atom is -0.468 e. The summed E-state index contributed by atoms with van der Waals surface area (Å²) < 4.78 is 4.71. The summed E-state index contributed by atoms with van der Waals surface area (Å²) in [5.41, 5.74) is 0. The summed E-state index contributed by atoms with van der Waals surface area (Å²) in [6, 6.07) is 0.542. The van der Waals surface area contributed by atoms with Crippen molar-refractivity contribution < 1.29 is 9.53 Å². The van der Waals surface area contributed by atoms with Gasteiger partial charge in [-0.15, -0.1) is 0 Å². The first kappa shape index (κ1) is 8.97. The number of carbonyl (C=O) groups is 1. The average molecular weight is 184 g/mol. The SMILES string of the molecule is COC(=O)[C@@H]1CN2CCC[C@@H]2CN1. The highest BCUT2D eigenvalue weighted by molar-refractivity contribution is 5.76. The lowest BCUT2D eigenvalue weighted by atomic mass is 10.1. The summed E-state index contributed by atoms with van der Waals surface area (Å²) in [5, 5.41) is 3.22. The van der Waals surface area contributed by atoms with Crippen molar-refractivity contribution in [3.05, 3.63) is 0 Å². The lowest BCUT2D eigenvalue weighted by molar-refractivity contribution is -0.144. The van der Waals surface area contributed by atoms with Crippen LogP contribution in [-0.2, 0) is 9.53 Å². The number of hydrogen-bond donors (Lipinski definition) is 1. The van der Waals surface area contributed by atoms with E-state index in [1.807, 2.05) is 0 Å². The molecule has 2 rings (SSSR count). The first-order chi connectivity index (χ1) is 6.31. The minimum absolute atomic E-state index is 0.112. The molecule has 0 aromatic carbocycles. The molecule has 74 valence electrons. The van der Waals surface area contributed by atoms with Crippen molar-refractivity contribution >= 4 is 5.97 Å². The first-order valence-electron chi connectivity index (χ1n) is 4.86. The number of fused-ring (bicyclic) bond motifs is 1. The lowest BCUT2D eigenvalue weighted by Crippen LogP contribution is -2.57. The fourth-order valence-corrected chi connectivity index (χ4v) is 2.24. The molecule has 0 unspecified atom stereocenters. The molecule has 4 heteroatoms. The number of esters is 1. The van der Waals surface area contributed by atoms with Crippen LogP contribution in [0, 0.1) is 0 Å². The summed E-state index contributed by atoms with van der Waals surface area (Å²) in [5.74, 6) is -0.134. The highest BCUT2D eigenvalue weighted by Crippen LogP contribution is 2.19. The second-order valence-corrected chi connectivity index (χ2v) is 3.77. The van der Waals surface area contributed by atoms with Crippen LogP contribution in [0.15, 0.2) is 0 Å². The van der Waals surface area contributed by atoms with Crippen LogP contribution in [0.2, 0.25) is 0 Å². The Labute approximate surface area is 78.2 Å². The second-order valence-electron chi connectivity index (χ2n) is 3.77. The van der Waals surface area contributed by atoms with Crippen LogP contribution < -0.4 is 5.32 Å². The number of nitrogens with zero attached hydrogens (tertiary/aromatic N) is 1. The first-order valence-corrected chi connectivity index (χ1v) is 4.86. The van der Waals surface area contributed by atoms with Gasteiger partial charge in [0.15, 0.2) is 0 Å². The summed E-state index contributed by atoms with van der Waals surface area (Å²) in [7, 11) is 1.44. The quantitative estimate of drug-likeness (QED) is 0.563. The molecule has 2 aliphatic rings. The molecule has 2 atom stereocenters. The van der Waals surface area contributed by atoms with Crippen molar-refractivity contribution in [1.29, 1.82) is 0 Å². The maximum atomic E-state index is 11.2. The van der Waals surface area contributed by atoms with E-state index in [1.165, 1.54) is 20.0 Å². The molecule has 1 N–H and O–H groups in total. The van der Waals surface area contributed by atoms with Gasteiger partial charge in [0.2, 0.25) is 0 Å². The Hall–Kier alpha value is -0.610. The third kappa shape index (κ3) is 1.69. The standard InChI is InChI=1S/C9H16N2O2/c1-13-9(12)8-6-11-4-2-3-7(11)5-10-8/h7-8,10H,2-6H2,1H3/t7-,8+/m1/s1. The molecule has 0 amide bonds. The molecule has 4 nitrogen and oxygen atoms in total. The Balaban J connectivity index is 1.93. The lowest BCUT2D eigenvalue weighted by Gasteiger charge is -2.34. The topological polar surface area (TPSA) is 41.6 Å². The number of methoxy groups -OCH3 is 1. The third-order valence-electron chi connectivity index (χ3n) is 3.00. The fourth-order valence-electron chi connectivity index (χ4n) is 2.24. The van der Waals surface area contributed by atoms with Crippen molar-refractivity contribution in [2.45, 2.75) is 24.9 Å². The molecule has 2 fully saturated rings.